The van der Waals surface area contributed by atoms with Crippen LogP contribution < -0.4 is 11.4 Å². The van der Waals surface area contributed by atoms with E-state index >= 15 is 0 Å². The van der Waals surface area contributed by atoms with Crippen molar-refractivity contribution in [2.45, 2.75) is 6.42 Å². The highest BCUT2D eigenvalue weighted by atomic mass is 16.4. The van der Waals surface area contributed by atoms with E-state index in [4.69, 9.17) is 10.2 Å². The van der Waals surface area contributed by atoms with Gasteiger partial charge in [0.25, 0.3) is 0 Å². The molecule has 4 heteroatoms. The second-order valence-electron chi connectivity index (χ2n) is 5.20. The number of anilines is 1. The maximum Gasteiger partial charge on any atom is 0.349 e. The molecule has 0 atom stereocenters. The van der Waals surface area contributed by atoms with Crippen molar-refractivity contribution in [3.05, 3.63) is 76.7 Å². The lowest BCUT2D eigenvalue weighted by molar-refractivity contribution is 0.112. The lowest BCUT2D eigenvalue weighted by Gasteiger charge is -2.10. The molecule has 4 nitrogen and oxygen atoms in total. The van der Waals surface area contributed by atoms with Crippen molar-refractivity contribution in [1.82, 2.24) is 0 Å². The van der Waals surface area contributed by atoms with Gasteiger partial charge in [-0.2, -0.15) is 0 Å². The number of nitrogens with two attached hydrogens (primary N) is 1. The van der Waals surface area contributed by atoms with Crippen molar-refractivity contribution >= 4 is 22.9 Å². The monoisotopic (exact) mass is 305 g/mol. The molecule has 0 aliphatic heterocycles. The standard InChI is InChI=1S/C19H15NO3/c1-2-4-12-7-9-13(10-8-12)14-5-3-6-16-17(14)18(20)15(11-21)19(22)23-16/h2-3,5-11H,1,4,20H2. The first-order valence-corrected chi connectivity index (χ1v) is 7.16. The quantitative estimate of drug-likeness (QED) is 0.454. The molecule has 3 aromatic rings. The number of nitrogen functional groups attached to an aromatic ring is 1. The summed E-state index contributed by atoms with van der Waals surface area (Å²) >= 11 is 0. The molecule has 0 unspecified atom stereocenters. The number of benzene rings is 2. The van der Waals surface area contributed by atoms with E-state index in [0.29, 0.717) is 17.3 Å². The molecular formula is C19H15NO3. The van der Waals surface area contributed by atoms with E-state index in [1.165, 1.54) is 0 Å². The van der Waals surface area contributed by atoms with Crippen LogP contribution in [0.3, 0.4) is 0 Å². The van der Waals surface area contributed by atoms with Crippen molar-refractivity contribution < 1.29 is 9.21 Å². The summed E-state index contributed by atoms with van der Waals surface area (Å²) in [5.74, 6) is 0. The second-order valence-corrected chi connectivity index (χ2v) is 5.20. The molecule has 0 spiro atoms. The van der Waals surface area contributed by atoms with Gasteiger partial charge in [-0.1, -0.05) is 42.5 Å². The first-order chi connectivity index (χ1) is 11.2. The molecule has 1 aromatic heterocycles. The van der Waals surface area contributed by atoms with Crippen molar-refractivity contribution in [2.75, 3.05) is 5.73 Å². The van der Waals surface area contributed by atoms with Crippen LogP contribution in [0.25, 0.3) is 22.1 Å². The highest BCUT2D eigenvalue weighted by Gasteiger charge is 2.15. The molecule has 0 aliphatic carbocycles. The highest BCUT2D eigenvalue weighted by molar-refractivity contribution is 6.05. The van der Waals surface area contributed by atoms with Gasteiger partial charge in [-0.15, -0.1) is 6.58 Å². The zero-order valence-corrected chi connectivity index (χ0v) is 12.4. The Morgan fingerprint density at radius 3 is 2.52 bits per heavy atom. The van der Waals surface area contributed by atoms with Gasteiger partial charge in [-0.25, -0.2) is 4.79 Å². The van der Waals surface area contributed by atoms with E-state index in [1.54, 1.807) is 12.1 Å². The Morgan fingerprint density at radius 2 is 1.87 bits per heavy atom. The van der Waals surface area contributed by atoms with Crippen molar-refractivity contribution in [3.8, 4) is 11.1 Å². The topological polar surface area (TPSA) is 73.3 Å². The summed E-state index contributed by atoms with van der Waals surface area (Å²) in [6, 6.07) is 13.3. The fourth-order valence-corrected chi connectivity index (χ4v) is 2.63. The molecule has 0 saturated heterocycles. The minimum atomic E-state index is -0.719. The first-order valence-electron chi connectivity index (χ1n) is 7.16. The number of hydrogen-bond donors (Lipinski definition) is 1. The normalized spacial score (nSPS) is 10.6. The van der Waals surface area contributed by atoms with Gasteiger partial charge >= 0.3 is 5.63 Å². The molecule has 0 amide bonds. The van der Waals surface area contributed by atoms with E-state index < -0.39 is 5.63 Å². The van der Waals surface area contributed by atoms with Gasteiger partial charge in [-0.3, -0.25) is 4.79 Å². The number of carbonyl (C=O) groups is 1. The minimum absolute atomic E-state index is 0.145. The van der Waals surface area contributed by atoms with Crippen LogP contribution in [0.2, 0.25) is 0 Å². The SMILES string of the molecule is C=CCc1ccc(-c2cccc3oc(=O)c(C=O)c(N)c23)cc1. The largest absolute Gasteiger partial charge is 0.422 e. The number of allylic oxidation sites excluding steroid dienone is 1. The molecular weight excluding hydrogens is 290 g/mol. The van der Waals surface area contributed by atoms with Crippen LogP contribution in [0.5, 0.6) is 0 Å². The van der Waals surface area contributed by atoms with Gasteiger partial charge in [0.05, 0.1) is 5.69 Å². The smallest absolute Gasteiger partial charge is 0.349 e. The Kier molecular flexibility index (Phi) is 3.81. The highest BCUT2D eigenvalue weighted by Crippen LogP contribution is 2.33. The summed E-state index contributed by atoms with van der Waals surface area (Å²) in [6.07, 6.45) is 3.07. The molecule has 3 rings (SSSR count). The predicted molar refractivity (Wildman–Crippen MR) is 91.6 cm³/mol. The molecule has 114 valence electrons. The Bertz CT molecular complexity index is 953. The van der Waals surface area contributed by atoms with Gasteiger partial charge in [0.1, 0.15) is 11.1 Å². The van der Waals surface area contributed by atoms with Crippen LogP contribution in [0.15, 0.2) is 64.3 Å². The van der Waals surface area contributed by atoms with Gasteiger partial charge < -0.3 is 10.2 Å². The Labute approximate surface area is 132 Å². The van der Waals surface area contributed by atoms with Gasteiger partial charge in [0.15, 0.2) is 6.29 Å². The second kappa shape index (κ2) is 5.93. The molecule has 2 N–H and O–H groups in total. The van der Waals surface area contributed by atoms with E-state index in [2.05, 4.69) is 6.58 Å². The molecule has 1 heterocycles. The van der Waals surface area contributed by atoms with Crippen molar-refractivity contribution in [3.63, 3.8) is 0 Å². The lowest BCUT2D eigenvalue weighted by Crippen LogP contribution is -2.11. The summed E-state index contributed by atoms with van der Waals surface area (Å²) in [5.41, 5.74) is 8.59. The van der Waals surface area contributed by atoms with Crippen LogP contribution in [-0.2, 0) is 6.42 Å². The summed E-state index contributed by atoms with van der Waals surface area (Å²) in [5, 5.41) is 0.575. The van der Waals surface area contributed by atoms with Crippen molar-refractivity contribution in [2.24, 2.45) is 0 Å². The Hall–Kier alpha value is -3.14. The number of hydrogen-bond acceptors (Lipinski definition) is 4. The van der Waals surface area contributed by atoms with Crippen LogP contribution >= 0.6 is 0 Å². The van der Waals surface area contributed by atoms with Crippen LogP contribution in [0, 0.1) is 0 Å². The zero-order valence-electron chi connectivity index (χ0n) is 12.4. The third-order valence-electron chi connectivity index (χ3n) is 3.77. The third kappa shape index (κ3) is 2.55. The zero-order chi connectivity index (χ0) is 16.4. The molecule has 0 aliphatic rings. The first kappa shape index (κ1) is 14.8. The molecule has 0 bridgehead atoms. The average molecular weight is 305 g/mol. The molecule has 0 radical (unpaired) electrons. The van der Waals surface area contributed by atoms with Gasteiger partial charge in [0, 0.05) is 5.39 Å². The fourth-order valence-electron chi connectivity index (χ4n) is 2.63. The van der Waals surface area contributed by atoms with Crippen LogP contribution in [-0.4, -0.2) is 6.29 Å². The average Bonchev–Trinajstić information content (AvgIpc) is 2.55. The predicted octanol–water partition coefficient (Wildman–Crippen LogP) is 3.58. The summed E-state index contributed by atoms with van der Waals surface area (Å²) in [7, 11) is 0. The van der Waals surface area contributed by atoms with Crippen molar-refractivity contribution in [1.29, 1.82) is 0 Å². The number of aldehydes is 1. The summed E-state index contributed by atoms with van der Waals surface area (Å²) in [6.45, 7) is 3.72. The maximum absolute atomic E-state index is 11.8. The van der Waals surface area contributed by atoms with Gasteiger partial charge in [0.2, 0.25) is 0 Å². The number of fused-ring (bicyclic) bond motifs is 1. The molecule has 0 saturated carbocycles. The van der Waals surface area contributed by atoms with E-state index in [-0.39, 0.29) is 11.3 Å². The number of rotatable bonds is 4. The van der Waals surface area contributed by atoms with Crippen LogP contribution in [0.1, 0.15) is 15.9 Å². The Morgan fingerprint density at radius 1 is 1.13 bits per heavy atom. The fraction of sp³-hybridized carbons (Fsp3) is 0.0526. The van der Waals surface area contributed by atoms with Crippen LogP contribution in [0.4, 0.5) is 5.69 Å². The Balaban J connectivity index is 2.27. The lowest BCUT2D eigenvalue weighted by atomic mass is 9.97. The number of carbonyl (C=O) groups excluding carboxylic acids is 1. The molecule has 23 heavy (non-hydrogen) atoms. The van der Waals surface area contributed by atoms with E-state index in [0.717, 1.165) is 23.1 Å². The minimum Gasteiger partial charge on any atom is -0.422 e. The van der Waals surface area contributed by atoms with E-state index in [1.807, 2.05) is 36.4 Å². The maximum atomic E-state index is 11.8. The van der Waals surface area contributed by atoms with Gasteiger partial charge in [-0.05, 0) is 29.2 Å². The summed E-state index contributed by atoms with van der Waals surface area (Å²) < 4.78 is 5.21. The molecule has 0 fully saturated rings. The molecule has 2 aromatic carbocycles. The summed E-state index contributed by atoms with van der Waals surface area (Å²) in [4.78, 5) is 22.9. The third-order valence-corrected chi connectivity index (χ3v) is 3.77. The van der Waals surface area contributed by atoms with E-state index in [9.17, 15) is 9.59 Å².